The van der Waals surface area contributed by atoms with Gasteiger partial charge in [0, 0.05) is 5.69 Å². The molecule has 5 heteroatoms. The summed E-state index contributed by atoms with van der Waals surface area (Å²) >= 11 is 0. The van der Waals surface area contributed by atoms with Gasteiger partial charge in [0.2, 0.25) is 0 Å². The van der Waals surface area contributed by atoms with Gasteiger partial charge in [-0.25, -0.2) is 0 Å². The zero-order chi connectivity index (χ0) is 17.2. The first kappa shape index (κ1) is 17.4. The molecule has 1 aromatic carbocycles. The maximum Gasteiger partial charge on any atom is 0.258 e. The molecule has 124 valence electrons. The van der Waals surface area contributed by atoms with Crippen molar-refractivity contribution in [3.63, 3.8) is 0 Å². The van der Waals surface area contributed by atoms with Crippen molar-refractivity contribution in [3.8, 4) is 23.3 Å². The van der Waals surface area contributed by atoms with Gasteiger partial charge in [0.25, 0.3) is 5.91 Å². The van der Waals surface area contributed by atoms with Crippen molar-refractivity contribution in [2.24, 2.45) is 0 Å². The molecule has 0 aliphatic carbocycles. The Labute approximate surface area is 142 Å². The van der Waals surface area contributed by atoms with Crippen molar-refractivity contribution in [1.29, 1.82) is 0 Å². The monoisotopic (exact) mass is 324 g/mol. The molecule has 1 N–H and O–H groups in total. The lowest BCUT2D eigenvalue weighted by Crippen LogP contribution is -2.29. The summed E-state index contributed by atoms with van der Waals surface area (Å²) in [5, 5.41) is 2.67. The highest BCUT2D eigenvalue weighted by Crippen LogP contribution is 2.11. The van der Waals surface area contributed by atoms with Crippen molar-refractivity contribution in [3.05, 3.63) is 53.9 Å². The van der Waals surface area contributed by atoms with Gasteiger partial charge < -0.3 is 14.8 Å². The first-order chi connectivity index (χ1) is 11.6. The van der Waals surface area contributed by atoms with E-state index in [-0.39, 0.29) is 25.7 Å². The second-order valence-electron chi connectivity index (χ2n) is 5.16. The van der Waals surface area contributed by atoms with E-state index < -0.39 is 0 Å². The van der Waals surface area contributed by atoms with Crippen molar-refractivity contribution in [1.82, 2.24) is 10.3 Å². The zero-order valence-electron chi connectivity index (χ0n) is 13.8. The molecule has 0 aliphatic heterocycles. The molecule has 0 aliphatic rings. The Hall–Kier alpha value is -3.00. The second-order valence-corrected chi connectivity index (χ2v) is 5.16. The van der Waals surface area contributed by atoms with E-state index in [1.807, 2.05) is 50.2 Å². The average molecular weight is 324 g/mol. The number of pyridine rings is 1. The molecular formula is C19H20N2O3. The summed E-state index contributed by atoms with van der Waals surface area (Å²) in [5.74, 6) is 6.79. The lowest BCUT2D eigenvalue weighted by Gasteiger charge is -2.06. The first-order valence-electron chi connectivity index (χ1n) is 7.61. The minimum Gasteiger partial charge on any atom is -0.484 e. The molecule has 1 amide bonds. The standard InChI is InChI=1S/C19H20N2O3/c1-15-6-5-7-17(12-15)24-14-19(22)20-10-3-4-11-23-18-9-8-16(2)21-13-18/h5-9,12-13H,10-11,14H2,1-2H3,(H,20,22). The van der Waals surface area contributed by atoms with Crippen molar-refractivity contribution < 1.29 is 14.3 Å². The predicted molar refractivity (Wildman–Crippen MR) is 91.9 cm³/mol. The summed E-state index contributed by atoms with van der Waals surface area (Å²) in [6.45, 7) is 4.36. The number of carbonyl (C=O) groups excluding carboxylic acids is 1. The van der Waals surface area contributed by atoms with Gasteiger partial charge in [0.15, 0.2) is 6.61 Å². The normalized spacial score (nSPS) is 9.58. The Morgan fingerprint density at radius 2 is 2.00 bits per heavy atom. The molecule has 1 heterocycles. The molecular weight excluding hydrogens is 304 g/mol. The Morgan fingerprint density at radius 3 is 2.75 bits per heavy atom. The summed E-state index contributed by atoms with van der Waals surface area (Å²) in [6.07, 6.45) is 1.65. The smallest absolute Gasteiger partial charge is 0.258 e. The van der Waals surface area contributed by atoms with Crippen molar-refractivity contribution in [2.45, 2.75) is 13.8 Å². The summed E-state index contributed by atoms with van der Waals surface area (Å²) in [6, 6.07) is 11.3. The quantitative estimate of drug-likeness (QED) is 0.828. The third-order valence-electron chi connectivity index (χ3n) is 3.05. The third-order valence-corrected chi connectivity index (χ3v) is 3.05. The fraction of sp³-hybridized carbons (Fsp3) is 0.263. The SMILES string of the molecule is Cc1cccc(OCC(=O)NCC#CCOc2ccc(C)nc2)c1. The fourth-order valence-electron chi connectivity index (χ4n) is 1.82. The lowest BCUT2D eigenvalue weighted by atomic mass is 10.2. The molecule has 5 nitrogen and oxygen atoms in total. The molecule has 2 rings (SSSR count). The fourth-order valence-corrected chi connectivity index (χ4v) is 1.82. The van der Waals surface area contributed by atoms with Crippen LogP contribution in [-0.4, -0.2) is 30.6 Å². The van der Waals surface area contributed by atoms with Gasteiger partial charge in [0.1, 0.15) is 18.1 Å². The maximum absolute atomic E-state index is 11.6. The van der Waals surface area contributed by atoms with E-state index in [9.17, 15) is 4.79 Å². The van der Waals surface area contributed by atoms with Gasteiger partial charge >= 0.3 is 0 Å². The number of ether oxygens (including phenoxy) is 2. The molecule has 0 saturated heterocycles. The van der Waals surface area contributed by atoms with Gasteiger partial charge in [-0.05, 0) is 43.7 Å². The van der Waals surface area contributed by atoms with Crippen LogP contribution < -0.4 is 14.8 Å². The number of nitrogens with one attached hydrogen (secondary N) is 1. The maximum atomic E-state index is 11.6. The van der Waals surface area contributed by atoms with Crippen LogP contribution in [0.25, 0.3) is 0 Å². The topological polar surface area (TPSA) is 60.5 Å². The van der Waals surface area contributed by atoms with Crippen LogP contribution in [0.1, 0.15) is 11.3 Å². The van der Waals surface area contributed by atoms with Crippen LogP contribution in [0.2, 0.25) is 0 Å². The number of aromatic nitrogens is 1. The second kappa shape index (κ2) is 9.21. The van der Waals surface area contributed by atoms with Gasteiger partial charge in [-0.15, -0.1) is 0 Å². The van der Waals surface area contributed by atoms with Crippen LogP contribution in [0.4, 0.5) is 0 Å². The molecule has 0 bridgehead atoms. The highest BCUT2D eigenvalue weighted by atomic mass is 16.5. The number of nitrogens with zero attached hydrogens (tertiary/aromatic N) is 1. The Balaban J connectivity index is 1.61. The number of aryl methyl sites for hydroxylation is 2. The lowest BCUT2D eigenvalue weighted by molar-refractivity contribution is -0.122. The average Bonchev–Trinajstić information content (AvgIpc) is 2.58. The summed E-state index contributed by atoms with van der Waals surface area (Å²) < 4.78 is 10.8. The minimum atomic E-state index is -0.213. The van der Waals surface area contributed by atoms with Crippen LogP contribution in [0.15, 0.2) is 42.6 Å². The molecule has 0 atom stereocenters. The third kappa shape index (κ3) is 6.41. The number of benzene rings is 1. The first-order valence-corrected chi connectivity index (χ1v) is 7.61. The van der Waals surface area contributed by atoms with E-state index in [1.165, 1.54) is 0 Å². The van der Waals surface area contributed by atoms with Gasteiger partial charge in [0.05, 0.1) is 12.7 Å². The van der Waals surface area contributed by atoms with E-state index in [0.717, 1.165) is 11.3 Å². The number of hydrogen-bond donors (Lipinski definition) is 1. The predicted octanol–water partition coefficient (Wildman–Crippen LogP) is 2.28. The van der Waals surface area contributed by atoms with Crippen molar-refractivity contribution in [2.75, 3.05) is 19.8 Å². The molecule has 0 unspecified atom stereocenters. The Bertz CT molecular complexity index is 730. The van der Waals surface area contributed by atoms with Gasteiger partial charge in [-0.3, -0.25) is 9.78 Å². The summed E-state index contributed by atoms with van der Waals surface area (Å²) in [7, 11) is 0. The Morgan fingerprint density at radius 1 is 1.12 bits per heavy atom. The van der Waals surface area contributed by atoms with Crippen LogP contribution in [0, 0.1) is 25.7 Å². The summed E-state index contributed by atoms with van der Waals surface area (Å²) in [5.41, 5.74) is 2.02. The number of amides is 1. The molecule has 0 fully saturated rings. The molecule has 0 radical (unpaired) electrons. The van der Waals surface area contributed by atoms with Gasteiger partial charge in [-0.1, -0.05) is 24.0 Å². The molecule has 24 heavy (non-hydrogen) atoms. The largest absolute Gasteiger partial charge is 0.484 e. The molecule has 2 aromatic rings. The zero-order valence-corrected chi connectivity index (χ0v) is 13.8. The highest BCUT2D eigenvalue weighted by Gasteiger charge is 2.01. The van der Waals surface area contributed by atoms with Crippen molar-refractivity contribution >= 4 is 5.91 Å². The van der Waals surface area contributed by atoms with Crippen LogP contribution in [0.3, 0.4) is 0 Å². The summed E-state index contributed by atoms with van der Waals surface area (Å²) in [4.78, 5) is 15.8. The van der Waals surface area contributed by atoms with E-state index in [4.69, 9.17) is 9.47 Å². The minimum absolute atomic E-state index is 0.0311. The van der Waals surface area contributed by atoms with E-state index in [0.29, 0.717) is 11.5 Å². The van der Waals surface area contributed by atoms with E-state index in [1.54, 1.807) is 6.20 Å². The molecule has 0 saturated carbocycles. The molecule has 1 aromatic heterocycles. The van der Waals surface area contributed by atoms with Crippen LogP contribution in [-0.2, 0) is 4.79 Å². The molecule has 0 spiro atoms. The van der Waals surface area contributed by atoms with Crippen LogP contribution >= 0.6 is 0 Å². The van der Waals surface area contributed by atoms with E-state index >= 15 is 0 Å². The van der Waals surface area contributed by atoms with Crippen LogP contribution in [0.5, 0.6) is 11.5 Å². The Kier molecular flexibility index (Phi) is 6.66. The number of rotatable bonds is 6. The highest BCUT2D eigenvalue weighted by molar-refractivity contribution is 5.77. The van der Waals surface area contributed by atoms with Gasteiger partial charge in [-0.2, -0.15) is 0 Å². The number of hydrogen-bond acceptors (Lipinski definition) is 4. The number of carbonyl (C=O) groups is 1. The van der Waals surface area contributed by atoms with E-state index in [2.05, 4.69) is 22.1 Å².